The maximum absolute atomic E-state index is 12.3. The Morgan fingerprint density at radius 3 is 2.84 bits per heavy atom. The second kappa shape index (κ2) is 6.31. The number of carbonyl (C=O) groups excluding carboxylic acids is 1. The van der Waals surface area contributed by atoms with Crippen molar-refractivity contribution in [1.29, 1.82) is 0 Å². The quantitative estimate of drug-likeness (QED) is 0.543. The third-order valence-electron chi connectivity index (χ3n) is 3.70. The van der Waals surface area contributed by atoms with Crippen LogP contribution in [0.4, 0.5) is 0 Å². The Morgan fingerprint density at radius 1 is 1.24 bits per heavy atom. The molecule has 124 valence electrons. The van der Waals surface area contributed by atoms with Crippen LogP contribution in [0.1, 0.15) is 16.4 Å². The smallest absolute Gasteiger partial charge is 0.268 e. The van der Waals surface area contributed by atoms with E-state index in [1.165, 1.54) is 17.6 Å². The van der Waals surface area contributed by atoms with E-state index >= 15 is 0 Å². The predicted octanol–water partition coefficient (Wildman–Crippen LogP) is 4.32. The number of nitrogens with one attached hydrogen (secondary N) is 1. The molecule has 25 heavy (non-hydrogen) atoms. The molecular weight excluding hydrogens is 360 g/mol. The number of hydrogen-bond acceptors (Lipinski definition) is 5. The van der Waals surface area contributed by atoms with Gasteiger partial charge in [-0.05, 0) is 24.3 Å². The summed E-state index contributed by atoms with van der Waals surface area (Å²) in [5.41, 5.74) is 1.13. The molecule has 3 heterocycles. The monoisotopic (exact) mass is 370 g/mol. The Morgan fingerprint density at radius 2 is 2.08 bits per heavy atom. The number of Topliss-reactive ketones (excluding diaryl/α,β-unsaturated/α-hetero) is 1. The van der Waals surface area contributed by atoms with E-state index in [9.17, 15) is 9.59 Å². The fourth-order valence-corrected chi connectivity index (χ4v) is 3.87. The first-order chi connectivity index (χ1) is 12.1. The number of nitrogens with zero attached hydrogens (tertiary/aromatic N) is 1. The molecule has 0 fully saturated rings. The lowest BCUT2D eigenvalue weighted by molar-refractivity contribution is 0.0964. The minimum Gasteiger partial charge on any atom is -0.461 e. The minimum absolute atomic E-state index is 0.0318. The fourth-order valence-electron chi connectivity index (χ4n) is 2.54. The molecule has 0 unspecified atom stereocenters. The average molecular weight is 371 g/mol. The van der Waals surface area contributed by atoms with E-state index < -0.39 is 0 Å². The van der Waals surface area contributed by atoms with Gasteiger partial charge in [-0.1, -0.05) is 29.8 Å². The van der Waals surface area contributed by atoms with Gasteiger partial charge in [-0.3, -0.25) is 9.59 Å². The molecule has 1 aromatic carbocycles. The molecule has 0 bridgehead atoms. The molecule has 0 saturated heterocycles. The number of benzene rings is 1. The lowest BCUT2D eigenvalue weighted by Crippen LogP contribution is -2.13. The summed E-state index contributed by atoms with van der Waals surface area (Å²) in [5.74, 6) is 0.307. The fraction of sp³-hybridized carbons (Fsp3) is 0.0556. The van der Waals surface area contributed by atoms with Gasteiger partial charge < -0.3 is 9.40 Å². The van der Waals surface area contributed by atoms with E-state index in [2.05, 4.69) is 9.97 Å². The highest BCUT2D eigenvalue weighted by atomic mass is 35.5. The number of hydrogen-bond donors (Lipinski definition) is 1. The van der Waals surface area contributed by atoms with Crippen molar-refractivity contribution in [3.05, 3.63) is 75.7 Å². The summed E-state index contributed by atoms with van der Waals surface area (Å²) in [6.07, 6.45) is 1.40. The van der Waals surface area contributed by atoms with Crippen molar-refractivity contribution in [3.8, 4) is 10.4 Å². The Kier molecular flexibility index (Phi) is 3.99. The van der Waals surface area contributed by atoms with Gasteiger partial charge in [0.1, 0.15) is 10.5 Å². The predicted molar refractivity (Wildman–Crippen MR) is 97.4 cm³/mol. The Hall–Kier alpha value is -2.70. The number of ketones is 1. The first-order valence-corrected chi connectivity index (χ1v) is 8.65. The number of fused-ring (bicyclic) bond motifs is 1. The van der Waals surface area contributed by atoms with Gasteiger partial charge in [0.15, 0.2) is 5.76 Å². The van der Waals surface area contributed by atoms with Gasteiger partial charge in [0.05, 0.1) is 18.2 Å². The number of rotatable bonds is 4. The van der Waals surface area contributed by atoms with Gasteiger partial charge in [0, 0.05) is 15.5 Å². The number of thiophene rings is 1. The molecule has 7 heteroatoms. The number of aromatic amines is 1. The Balaban J connectivity index is 1.74. The van der Waals surface area contributed by atoms with Crippen molar-refractivity contribution >= 4 is 38.9 Å². The largest absolute Gasteiger partial charge is 0.461 e. The van der Waals surface area contributed by atoms with Gasteiger partial charge in [0.25, 0.3) is 5.56 Å². The molecule has 0 saturated carbocycles. The molecule has 0 radical (unpaired) electrons. The maximum Gasteiger partial charge on any atom is 0.268 e. The highest BCUT2D eigenvalue weighted by Gasteiger charge is 2.15. The SMILES string of the molecule is O=C(Cc1nc2cc(-c3ccccc3Cl)sc2c(=O)[nH]1)c1ccco1. The summed E-state index contributed by atoms with van der Waals surface area (Å²) in [6.45, 7) is 0. The minimum atomic E-state index is -0.268. The Labute approximate surface area is 150 Å². The zero-order valence-corrected chi connectivity index (χ0v) is 14.4. The van der Waals surface area contributed by atoms with Crippen LogP contribution < -0.4 is 5.56 Å². The van der Waals surface area contributed by atoms with Crippen LogP contribution in [0.25, 0.3) is 20.7 Å². The zero-order chi connectivity index (χ0) is 17.4. The van der Waals surface area contributed by atoms with Crippen LogP contribution >= 0.6 is 22.9 Å². The summed E-state index contributed by atoms with van der Waals surface area (Å²) < 4.78 is 5.58. The summed E-state index contributed by atoms with van der Waals surface area (Å²) in [7, 11) is 0. The molecule has 5 nitrogen and oxygen atoms in total. The molecule has 0 amide bonds. The maximum atomic E-state index is 12.3. The van der Waals surface area contributed by atoms with Crippen LogP contribution in [0.5, 0.6) is 0 Å². The summed E-state index contributed by atoms with van der Waals surface area (Å²) in [6, 6.07) is 12.5. The van der Waals surface area contributed by atoms with Crippen molar-refractivity contribution in [2.75, 3.05) is 0 Å². The number of halogens is 1. The van der Waals surface area contributed by atoms with Gasteiger partial charge in [-0.25, -0.2) is 4.98 Å². The lowest BCUT2D eigenvalue weighted by atomic mass is 10.2. The topological polar surface area (TPSA) is 76.0 Å². The first kappa shape index (κ1) is 15.8. The van der Waals surface area contributed by atoms with Crippen LogP contribution in [0.2, 0.25) is 5.02 Å². The van der Waals surface area contributed by atoms with E-state index in [1.54, 1.807) is 18.2 Å². The normalized spacial score (nSPS) is 11.1. The van der Waals surface area contributed by atoms with E-state index in [-0.39, 0.29) is 23.5 Å². The summed E-state index contributed by atoms with van der Waals surface area (Å²) in [4.78, 5) is 32.4. The van der Waals surface area contributed by atoms with Crippen LogP contribution in [0.15, 0.2) is 57.9 Å². The summed E-state index contributed by atoms with van der Waals surface area (Å²) >= 11 is 7.55. The first-order valence-electron chi connectivity index (χ1n) is 7.46. The van der Waals surface area contributed by atoms with Crippen LogP contribution in [0.3, 0.4) is 0 Å². The van der Waals surface area contributed by atoms with E-state index in [1.807, 2.05) is 24.3 Å². The van der Waals surface area contributed by atoms with Crippen LogP contribution in [-0.4, -0.2) is 15.8 Å². The lowest BCUT2D eigenvalue weighted by Gasteiger charge is -1.98. The van der Waals surface area contributed by atoms with Gasteiger partial charge in [-0.2, -0.15) is 0 Å². The van der Waals surface area contributed by atoms with Gasteiger partial charge in [-0.15, -0.1) is 11.3 Å². The van der Waals surface area contributed by atoms with E-state index in [4.69, 9.17) is 16.0 Å². The molecule has 0 atom stereocenters. The second-order valence-corrected chi connectivity index (χ2v) is 6.85. The van der Waals surface area contributed by atoms with Crippen molar-refractivity contribution in [3.63, 3.8) is 0 Å². The standard InChI is InChI=1S/C18H11ClN2O3S/c19-11-5-2-1-4-10(11)15-8-12-17(25-15)18(23)21-16(20-12)9-13(22)14-6-3-7-24-14/h1-8H,9H2,(H,20,21,23). The molecule has 3 aromatic heterocycles. The van der Waals surface area contributed by atoms with Crippen molar-refractivity contribution in [2.45, 2.75) is 6.42 Å². The van der Waals surface area contributed by atoms with E-state index in [0.29, 0.717) is 21.1 Å². The van der Waals surface area contributed by atoms with Crippen molar-refractivity contribution in [2.24, 2.45) is 0 Å². The molecule has 0 aliphatic rings. The number of aromatic nitrogens is 2. The molecule has 0 aliphatic heterocycles. The second-order valence-electron chi connectivity index (χ2n) is 5.39. The zero-order valence-electron chi connectivity index (χ0n) is 12.8. The van der Waals surface area contributed by atoms with Gasteiger partial charge in [0.2, 0.25) is 5.78 Å². The van der Waals surface area contributed by atoms with E-state index in [0.717, 1.165) is 10.4 Å². The number of H-pyrrole nitrogens is 1. The number of furan rings is 1. The summed E-state index contributed by atoms with van der Waals surface area (Å²) in [5, 5.41) is 0.610. The Bertz CT molecular complexity index is 1130. The number of carbonyl (C=O) groups is 1. The third kappa shape index (κ3) is 3.01. The molecular formula is C18H11ClN2O3S. The molecule has 0 aliphatic carbocycles. The molecule has 4 rings (SSSR count). The van der Waals surface area contributed by atoms with Crippen LogP contribution in [0, 0.1) is 0 Å². The highest BCUT2D eigenvalue weighted by molar-refractivity contribution is 7.22. The highest BCUT2D eigenvalue weighted by Crippen LogP contribution is 2.35. The van der Waals surface area contributed by atoms with Crippen molar-refractivity contribution < 1.29 is 9.21 Å². The van der Waals surface area contributed by atoms with Gasteiger partial charge >= 0.3 is 0 Å². The molecule has 0 spiro atoms. The average Bonchev–Trinajstić information content (AvgIpc) is 3.25. The van der Waals surface area contributed by atoms with Crippen LogP contribution in [-0.2, 0) is 6.42 Å². The molecule has 1 N–H and O–H groups in total. The molecule has 4 aromatic rings. The third-order valence-corrected chi connectivity index (χ3v) is 5.18. The van der Waals surface area contributed by atoms with Crippen molar-refractivity contribution in [1.82, 2.24) is 9.97 Å².